The highest BCUT2D eigenvalue weighted by Crippen LogP contribution is 2.15. The normalized spacial score (nSPS) is 11.2. The lowest BCUT2D eigenvalue weighted by Crippen LogP contribution is -1.86. The first-order chi connectivity index (χ1) is 6.42. The van der Waals surface area contributed by atoms with Gasteiger partial charge in [-0.25, -0.2) is 0 Å². The minimum absolute atomic E-state index is 0.931. The van der Waals surface area contributed by atoms with Gasteiger partial charge in [-0.1, -0.05) is 30.3 Å². The Morgan fingerprint density at radius 1 is 1.23 bits per heavy atom. The fourth-order valence-electron chi connectivity index (χ4n) is 1.33. The molecule has 1 aromatic carbocycles. The highest BCUT2D eigenvalue weighted by Gasteiger charge is 1.97. The molecule has 1 heterocycles. The largest absolute Gasteiger partial charge is 0.158 e. The monoisotopic (exact) mass is 170 g/mol. The summed E-state index contributed by atoms with van der Waals surface area (Å²) >= 11 is 0. The van der Waals surface area contributed by atoms with Crippen molar-refractivity contribution in [3.63, 3.8) is 0 Å². The van der Waals surface area contributed by atoms with Gasteiger partial charge in [-0.3, -0.25) is 0 Å². The number of hydrogen-bond donors (Lipinski definition) is 0. The molecule has 2 nitrogen and oxygen atoms in total. The van der Waals surface area contributed by atoms with Gasteiger partial charge in [0.25, 0.3) is 0 Å². The van der Waals surface area contributed by atoms with Crippen LogP contribution in [0.5, 0.6) is 0 Å². The van der Waals surface area contributed by atoms with E-state index in [9.17, 15) is 0 Å². The fourth-order valence-corrected chi connectivity index (χ4v) is 1.33. The Bertz CT molecular complexity index is 441. The van der Waals surface area contributed by atoms with Crippen LogP contribution in [0.4, 0.5) is 0 Å². The molecule has 2 aromatic rings. The summed E-state index contributed by atoms with van der Waals surface area (Å²) in [5.41, 5.74) is 0.931. The van der Waals surface area contributed by atoms with Crippen molar-refractivity contribution in [3.05, 3.63) is 42.2 Å². The lowest BCUT2D eigenvalue weighted by Gasteiger charge is -1.98. The lowest BCUT2D eigenvalue weighted by atomic mass is 10.1. The van der Waals surface area contributed by atoms with E-state index in [2.05, 4.69) is 16.3 Å². The smallest absolute Gasteiger partial charge is 0.0932 e. The number of nitrogens with zero attached hydrogens (tertiary/aromatic N) is 2. The van der Waals surface area contributed by atoms with Gasteiger partial charge in [-0.2, -0.15) is 10.2 Å². The number of allylic oxidation sites excluding steroid dienone is 1. The second-order valence-corrected chi connectivity index (χ2v) is 2.82. The maximum absolute atomic E-state index is 4.06. The zero-order chi connectivity index (χ0) is 9.10. The summed E-state index contributed by atoms with van der Waals surface area (Å²) in [4.78, 5) is 0. The third-order valence-corrected chi connectivity index (χ3v) is 1.92. The van der Waals surface area contributed by atoms with Crippen LogP contribution in [0.2, 0.25) is 0 Å². The van der Waals surface area contributed by atoms with Gasteiger partial charge in [0.2, 0.25) is 0 Å². The number of benzene rings is 1. The van der Waals surface area contributed by atoms with Gasteiger partial charge in [0.1, 0.15) is 0 Å². The molecule has 0 saturated heterocycles. The predicted octanol–water partition coefficient (Wildman–Crippen LogP) is 2.66. The standard InChI is InChI=1S/C11H10N2/c1-2-5-11-10-7-4-3-6-9(10)8-12-13-11/h2-8H,1H3. The van der Waals surface area contributed by atoms with Crippen molar-refractivity contribution in [3.8, 4) is 0 Å². The molecule has 0 atom stereocenters. The van der Waals surface area contributed by atoms with Crippen LogP contribution in [-0.2, 0) is 0 Å². The molecule has 2 rings (SSSR count). The molecule has 0 radical (unpaired) electrons. The van der Waals surface area contributed by atoms with Crippen LogP contribution in [0.1, 0.15) is 12.6 Å². The van der Waals surface area contributed by atoms with Gasteiger partial charge < -0.3 is 0 Å². The second kappa shape index (κ2) is 3.35. The van der Waals surface area contributed by atoms with Gasteiger partial charge in [0.05, 0.1) is 11.9 Å². The van der Waals surface area contributed by atoms with Crippen LogP contribution in [0.15, 0.2) is 36.5 Å². The lowest BCUT2D eigenvalue weighted by molar-refractivity contribution is 1.04. The van der Waals surface area contributed by atoms with Gasteiger partial charge in [-0.05, 0) is 13.0 Å². The molecule has 0 N–H and O–H groups in total. The Balaban J connectivity index is 2.75. The first-order valence-corrected chi connectivity index (χ1v) is 4.25. The fraction of sp³-hybridized carbons (Fsp3) is 0.0909. The number of fused-ring (bicyclic) bond motifs is 1. The van der Waals surface area contributed by atoms with E-state index >= 15 is 0 Å². The average molecular weight is 170 g/mol. The van der Waals surface area contributed by atoms with E-state index in [0.29, 0.717) is 0 Å². The van der Waals surface area contributed by atoms with Crippen molar-refractivity contribution in [1.29, 1.82) is 0 Å². The molecule has 0 aliphatic heterocycles. The maximum Gasteiger partial charge on any atom is 0.0932 e. The minimum Gasteiger partial charge on any atom is -0.158 e. The number of hydrogen-bond acceptors (Lipinski definition) is 2. The van der Waals surface area contributed by atoms with E-state index in [4.69, 9.17) is 0 Å². The first-order valence-electron chi connectivity index (χ1n) is 4.25. The minimum atomic E-state index is 0.931. The van der Waals surface area contributed by atoms with Gasteiger partial charge in [0.15, 0.2) is 0 Å². The van der Waals surface area contributed by atoms with Crippen LogP contribution in [0, 0.1) is 0 Å². The van der Waals surface area contributed by atoms with Crippen LogP contribution >= 0.6 is 0 Å². The van der Waals surface area contributed by atoms with Crippen molar-refractivity contribution in [2.24, 2.45) is 0 Å². The van der Waals surface area contributed by atoms with Crippen molar-refractivity contribution >= 4 is 16.8 Å². The number of aromatic nitrogens is 2. The maximum atomic E-state index is 4.06. The van der Waals surface area contributed by atoms with Crippen LogP contribution in [-0.4, -0.2) is 10.2 Å². The Hall–Kier alpha value is -1.70. The molecule has 0 saturated carbocycles. The molecule has 2 heteroatoms. The van der Waals surface area contributed by atoms with Crippen molar-refractivity contribution in [1.82, 2.24) is 10.2 Å². The zero-order valence-corrected chi connectivity index (χ0v) is 7.44. The van der Waals surface area contributed by atoms with E-state index in [1.807, 2.05) is 37.3 Å². The predicted molar refractivity (Wildman–Crippen MR) is 54.2 cm³/mol. The van der Waals surface area contributed by atoms with E-state index in [1.165, 1.54) is 0 Å². The van der Waals surface area contributed by atoms with Crippen molar-refractivity contribution in [2.45, 2.75) is 6.92 Å². The summed E-state index contributed by atoms with van der Waals surface area (Å²) in [6.45, 7) is 1.98. The van der Waals surface area contributed by atoms with Gasteiger partial charge in [-0.15, -0.1) is 0 Å². The third kappa shape index (κ3) is 1.43. The molecule has 0 aliphatic carbocycles. The van der Waals surface area contributed by atoms with E-state index in [1.54, 1.807) is 6.20 Å². The van der Waals surface area contributed by atoms with E-state index in [-0.39, 0.29) is 0 Å². The Morgan fingerprint density at radius 2 is 2.08 bits per heavy atom. The molecule has 0 spiro atoms. The molecular formula is C11H10N2. The van der Waals surface area contributed by atoms with Crippen molar-refractivity contribution in [2.75, 3.05) is 0 Å². The summed E-state index contributed by atoms with van der Waals surface area (Å²) < 4.78 is 0. The van der Waals surface area contributed by atoms with Crippen LogP contribution in [0.3, 0.4) is 0 Å². The molecule has 1 aromatic heterocycles. The molecule has 0 fully saturated rings. The van der Waals surface area contributed by atoms with Crippen LogP contribution in [0.25, 0.3) is 16.8 Å². The molecular weight excluding hydrogens is 160 g/mol. The molecule has 64 valence electrons. The zero-order valence-electron chi connectivity index (χ0n) is 7.44. The topological polar surface area (TPSA) is 25.8 Å². The number of rotatable bonds is 1. The molecule has 0 bridgehead atoms. The highest BCUT2D eigenvalue weighted by molar-refractivity contribution is 5.87. The summed E-state index contributed by atoms with van der Waals surface area (Å²) in [7, 11) is 0. The van der Waals surface area contributed by atoms with Crippen LogP contribution < -0.4 is 0 Å². The summed E-state index contributed by atoms with van der Waals surface area (Å²) in [5.74, 6) is 0. The summed E-state index contributed by atoms with van der Waals surface area (Å²) in [5, 5.41) is 10.3. The molecule has 13 heavy (non-hydrogen) atoms. The van der Waals surface area contributed by atoms with E-state index < -0.39 is 0 Å². The Morgan fingerprint density at radius 3 is 2.92 bits per heavy atom. The Kier molecular flexibility index (Phi) is 2.04. The van der Waals surface area contributed by atoms with Gasteiger partial charge in [0, 0.05) is 10.8 Å². The molecule has 0 aliphatic rings. The Labute approximate surface area is 76.9 Å². The quantitative estimate of drug-likeness (QED) is 0.657. The first kappa shape index (κ1) is 7.92. The summed E-state index contributed by atoms with van der Waals surface area (Å²) in [6, 6.07) is 8.11. The molecule has 0 amide bonds. The summed E-state index contributed by atoms with van der Waals surface area (Å²) in [6.07, 6.45) is 5.72. The average Bonchev–Trinajstić information content (AvgIpc) is 2.19. The van der Waals surface area contributed by atoms with Crippen molar-refractivity contribution < 1.29 is 0 Å². The third-order valence-electron chi connectivity index (χ3n) is 1.92. The van der Waals surface area contributed by atoms with E-state index in [0.717, 1.165) is 16.5 Å². The highest BCUT2D eigenvalue weighted by atomic mass is 15.1. The second-order valence-electron chi connectivity index (χ2n) is 2.82. The SMILES string of the molecule is CC=Cc1nncc2ccccc12. The van der Waals surface area contributed by atoms with Gasteiger partial charge >= 0.3 is 0 Å². The molecule has 0 unspecified atom stereocenters.